The fourth-order valence-corrected chi connectivity index (χ4v) is 1.87. The predicted octanol–water partition coefficient (Wildman–Crippen LogP) is 3.81. The lowest BCUT2D eigenvalue weighted by atomic mass is 10.3. The molecular formula is C16H13FN2O2. The van der Waals surface area contributed by atoms with Crippen LogP contribution in [0, 0.1) is 5.82 Å². The molecule has 0 aliphatic rings. The van der Waals surface area contributed by atoms with Crippen LogP contribution >= 0.6 is 0 Å². The van der Waals surface area contributed by atoms with Gasteiger partial charge in [0.25, 0.3) is 0 Å². The number of benzene rings is 2. The van der Waals surface area contributed by atoms with Crippen LogP contribution < -0.4 is 9.47 Å². The van der Waals surface area contributed by atoms with E-state index in [-0.39, 0.29) is 5.82 Å². The first-order chi connectivity index (χ1) is 10.2. The van der Waals surface area contributed by atoms with E-state index < -0.39 is 0 Å². The Kier molecular flexibility index (Phi) is 3.55. The van der Waals surface area contributed by atoms with Crippen LogP contribution in [-0.4, -0.2) is 16.9 Å². The van der Waals surface area contributed by atoms with Gasteiger partial charge in [-0.25, -0.2) is 9.07 Å². The summed E-state index contributed by atoms with van der Waals surface area (Å²) >= 11 is 0. The Bertz CT molecular complexity index is 721. The molecule has 4 nitrogen and oxygen atoms in total. The number of halogens is 1. The zero-order chi connectivity index (χ0) is 14.7. The predicted molar refractivity (Wildman–Crippen MR) is 76.6 cm³/mol. The minimum absolute atomic E-state index is 0.277. The van der Waals surface area contributed by atoms with Gasteiger partial charge in [0.15, 0.2) is 5.75 Å². The van der Waals surface area contributed by atoms with Crippen molar-refractivity contribution in [1.29, 1.82) is 0 Å². The molecule has 0 bridgehead atoms. The summed E-state index contributed by atoms with van der Waals surface area (Å²) in [4.78, 5) is 0. The maximum atomic E-state index is 12.9. The first kappa shape index (κ1) is 13.2. The van der Waals surface area contributed by atoms with Crippen molar-refractivity contribution in [2.75, 3.05) is 7.11 Å². The molecule has 0 atom stereocenters. The number of aromatic nitrogens is 2. The van der Waals surface area contributed by atoms with Crippen molar-refractivity contribution in [2.24, 2.45) is 0 Å². The van der Waals surface area contributed by atoms with E-state index in [0.29, 0.717) is 11.5 Å². The lowest BCUT2D eigenvalue weighted by molar-refractivity contribution is 0.413. The van der Waals surface area contributed by atoms with Gasteiger partial charge in [-0.15, -0.1) is 0 Å². The molecule has 0 fully saturated rings. The van der Waals surface area contributed by atoms with Crippen LogP contribution in [0.3, 0.4) is 0 Å². The average molecular weight is 284 g/mol. The van der Waals surface area contributed by atoms with E-state index in [9.17, 15) is 4.39 Å². The molecule has 3 rings (SSSR count). The van der Waals surface area contributed by atoms with Gasteiger partial charge in [0.1, 0.15) is 17.3 Å². The molecule has 0 unspecified atom stereocenters. The van der Waals surface area contributed by atoms with Crippen LogP contribution in [0.5, 0.6) is 17.2 Å². The molecule has 0 spiro atoms. The van der Waals surface area contributed by atoms with Crippen molar-refractivity contribution in [1.82, 2.24) is 9.78 Å². The summed E-state index contributed by atoms with van der Waals surface area (Å²) in [6.45, 7) is 0. The Morgan fingerprint density at radius 2 is 1.57 bits per heavy atom. The third-order valence-corrected chi connectivity index (χ3v) is 2.95. The standard InChI is InChI=1S/C16H13FN2O2/c1-20-14-6-8-15(9-7-14)21-16-10-18-19(11-16)13-4-2-12(17)3-5-13/h2-11H,1H3. The zero-order valence-corrected chi connectivity index (χ0v) is 11.4. The fourth-order valence-electron chi connectivity index (χ4n) is 1.87. The second kappa shape index (κ2) is 5.66. The topological polar surface area (TPSA) is 36.3 Å². The molecule has 0 radical (unpaired) electrons. The summed E-state index contributed by atoms with van der Waals surface area (Å²) in [5, 5.41) is 4.19. The average Bonchev–Trinajstić information content (AvgIpc) is 2.97. The Morgan fingerprint density at radius 3 is 2.24 bits per heavy atom. The third-order valence-electron chi connectivity index (χ3n) is 2.95. The molecule has 106 valence electrons. The van der Waals surface area contributed by atoms with Crippen LogP contribution in [0.15, 0.2) is 60.9 Å². The highest BCUT2D eigenvalue weighted by Crippen LogP contribution is 2.24. The van der Waals surface area contributed by atoms with E-state index in [2.05, 4.69) is 5.10 Å². The van der Waals surface area contributed by atoms with Crippen molar-refractivity contribution in [3.05, 3.63) is 66.7 Å². The molecule has 21 heavy (non-hydrogen) atoms. The van der Waals surface area contributed by atoms with Gasteiger partial charge >= 0.3 is 0 Å². The summed E-state index contributed by atoms with van der Waals surface area (Å²) in [7, 11) is 1.61. The number of methoxy groups -OCH3 is 1. The van der Waals surface area contributed by atoms with Crippen molar-refractivity contribution in [3.8, 4) is 22.9 Å². The summed E-state index contributed by atoms with van der Waals surface area (Å²) in [5.41, 5.74) is 0.765. The molecule has 0 amide bonds. The molecule has 0 N–H and O–H groups in total. The SMILES string of the molecule is COc1ccc(Oc2cnn(-c3ccc(F)cc3)c2)cc1. The minimum Gasteiger partial charge on any atom is -0.497 e. The first-order valence-electron chi connectivity index (χ1n) is 6.37. The normalized spacial score (nSPS) is 10.4. The van der Waals surface area contributed by atoms with Gasteiger partial charge in [-0.2, -0.15) is 5.10 Å². The van der Waals surface area contributed by atoms with E-state index >= 15 is 0 Å². The molecule has 0 saturated heterocycles. The van der Waals surface area contributed by atoms with Gasteiger partial charge < -0.3 is 9.47 Å². The summed E-state index contributed by atoms with van der Waals surface area (Å²) in [5.74, 6) is 1.78. The molecule has 0 aliphatic heterocycles. The van der Waals surface area contributed by atoms with Crippen LogP contribution in [0.1, 0.15) is 0 Å². The smallest absolute Gasteiger partial charge is 0.165 e. The molecule has 3 aromatic rings. The number of nitrogens with zero attached hydrogens (tertiary/aromatic N) is 2. The second-order valence-corrected chi connectivity index (χ2v) is 4.37. The Morgan fingerprint density at radius 1 is 0.905 bits per heavy atom. The summed E-state index contributed by atoms with van der Waals surface area (Å²) in [6.07, 6.45) is 3.34. The van der Waals surface area contributed by atoms with E-state index in [1.807, 2.05) is 24.3 Å². The van der Waals surface area contributed by atoms with Gasteiger partial charge in [-0.3, -0.25) is 0 Å². The van der Waals surface area contributed by atoms with Crippen molar-refractivity contribution >= 4 is 0 Å². The minimum atomic E-state index is -0.277. The van der Waals surface area contributed by atoms with Gasteiger partial charge in [0.2, 0.25) is 0 Å². The molecule has 2 aromatic carbocycles. The number of hydrogen-bond donors (Lipinski definition) is 0. The van der Waals surface area contributed by atoms with Crippen LogP contribution in [-0.2, 0) is 0 Å². The largest absolute Gasteiger partial charge is 0.497 e. The van der Waals surface area contributed by atoms with Crippen LogP contribution in [0.4, 0.5) is 4.39 Å². The third kappa shape index (κ3) is 3.02. The van der Waals surface area contributed by atoms with Crippen molar-refractivity contribution in [2.45, 2.75) is 0 Å². The molecule has 1 heterocycles. The quantitative estimate of drug-likeness (QED) is 0.731. The van der Waals surface area contributed by atoms with E-state index in [0.717, 1.165) is 11.4 Å². The Hall–Kier alpha value is -2.82. The van der Waals surface area contributed by atoms with E-state index in [1.54, 1.807) is 36.3 Å². The van der Waals surface area contributed by atoms with E-state index in [1.165, 1.54) is 12.1 Å². The molecule has 0 aliphatic carbocycles. The monoisotopic (exact) mass is 284 g/mol. The zero-order valence-electron chi connectivity index (χ0n) is 11.4. The first-order valence-corrected chi connectivity index (χ1v) is 6.37. The van der Waals surface area contributed by atoms with Gasteiger partial charge in [0.05, 0.1) is 25.2 Å². The highest BCUT2D eigenvalue weighted by Gasteiger charge is 2.04. The van der Waals surface area contributed by atoms with Gasteiger partial charge in [-0.1, -0.05) is 0 Å². The summed E-state index contributed by atoms with van der Waals surface area (Å²) < 4.78 is 25.3. The lowest BCUT2D eigenvalue weighted by Gasteiger charge is -2.04. The maximum absolute atomic E-state index is 12.9. The molecule has 0 saturated carbocycles. The molecule has 1 aromatic heterocycles. The number of ether oxygens (including phenoxy) is 2. The van der Waals surface area contributed by atoms with Crippen LogP contribution in [0.25, 0.3) is 5.69 Å². The number of rotatable bonds is 4. The van der Waals surface area contributed by atoms with Crippen molar-refractivity contribution in [3.63, 3.8) is 0 Å². The van der Waals surface area contributed by atoms with Crippen molar-refractivity contribution < 1.29 is 13.9 Å². The Labute approximate surface area is 121 Å². The van der Waals surface area contributed by atoms with Crippen LogP contribution in [0.2, 0.25) is 0 Å². The Balaban J connectivity index is 1.76. The molecular weight excluding hydrogens is 271 g/mol. The fraction of sp³-hybridized carbons (Fsp3) is 0.0625. The number of hydrogen-bond acceptors (Lipinski definition) is 3. The maximum Gasteiger partial charge on any atom is 0.165 e. The highest BCUT2D eigenvalue weighted by molar-refractivity contribution is 5.36. The van der Waals surface area contributed by atoms with E-state index in [4.69, 9.17) is 9.47 Å². The highest BCUT2D eigenvalue weighted by atomic mass is 19.1. The van der Waals surface area contributed by atoms with Gasteiger partial charge in [0, 0.05) is 0 Å². The second-order valence-electron chi connectivity index (χ2n) is 4.37. The molecule has 5 heteroatoms. The summed E-state index contributed by atoms with van der Waals surface area (Å²) in [6, 6.07) is 13.3. The van der Waals surface area contributed by atoms with Gasteiger partial charge in [-0.05, 0) is 48.5 Å². The lowest BCUT2D eigenvalue weighted by Crippen LogP contribution is -1.93.